The van der Waals surface area contributed by atoms with Crippen molar-refractivity contribution in [2.24, 2.45) is 0 Å². The Labute approximate surface area is 50.6 Å². The Kier molecular flexibility index (Phi) is 0.804. The summed E-state index contributed by atoms with van der Waals surface area (Å²) in [6.07, 6.45) is 0. The predicted molar refractivity (Wildman–Crippen MR) is 27.8 cm³/mol. The number of rotatable bonds is 2. The lowest BCUT2D eigenvalue weighted by molar-refractivity contribution is -0.875. The fourth-order valence-electron chi connectivity index (χ4n) is 0.137. The maximum atomic E-state index is 10.7. The molecule has 0 aromatic heterocycles. The van der Waals surface area contributed by atoms with Gasteiger partial charge in [0.25, 0.3) is 0 Å². The van der Waals surface area contributed by atoms with Crippen molar-refractivity contribution in [3.63, 3.8) is 0 Å². The highest BCUT2D eigenvalue weighted by Crippen LogP contribution is 1.83. The van der Waals surface area contributed by atoms with Crippen molar-refractivity contribution in [3.05, 3.63) is 0 Å². The van der Waals surface area contributed by atoms with Gasteiger partial charge in [0, 0.05) is 2.74 Å². The van der Waals surface area contributed by atoms with Crippen molar-refractivity contribution in [3.8, 4) is 0 Å². The number of quaternary nitrogens is 1. The van der Waals surface area contributed by atoms with Crippen LogP contribution in [0.2, 0.25) is 0 Å². The van der Waals surface area contributed by atoms with Gasteiger partial charge < -0.3 is 9.59 Å². The minimum Gasteiger partial charge on any atom is -0.850 e. The summed E-state index contributed by atoms with van der Waals surface area (Å²) >= 11 is 0. The molecule has 0 rings (SSSR count). The summed E-state index contributed by atoms with van der Waals surface area (Å²) in [4.78, 5) is 0. The summed E-state index contributed by atoms with van der Waals surface area (Å²) in [5, 5.41) is 10.7. The van der Waals surface area contributed by atoms with E-state index in [9.17, 15) is 5.11 Å². The van der Waals surface area contributed by atoms with Crippen LogP contribution in [0.3, 0.4) is 0 Å². The molecule has 0 unspecified atom stereocenters. The van der Waals surface area contributed by atoms with Crippen LogP contribution in [0.25, 0.3) is 0 Å². The Morgan fingerprint density at radius 3 is 2.00 bits per heavy atom. The molecule has 2 nitrogen and oxygen atoms in total. The first-order valence-electron chi connectivity index (χ1n) is 4.02. The summed E-state index contributed by atoms with van der Waals surface area (Å²) in [5.74, 6) is 0. The monoisotopic (exact) mass is 106 g/mol. The molecule has 0 bridgehead atoms. The fourth-order valence-corrected chi connectivity index (χ4v) is 0.137. The SMILES string of the molecule is [2H]C([2H])([O-])C([2H])([2H])[N+](C)(C)[11CH3]. The summed E-state index contributed by atoms with van der Waals surface area (Å²) in [6.45, 7) is -5.47. The molecule has 0 N–H and O–H groups in total. The van der Waals surface area contributed by atoms with Crippen LogP contribution in [-0.2, 0) is 0 Å². The van der Waals surface area contributed by atoms with Gasteiger partial charge in [-0.05, 0) is 0 Å². The molecule has 0 aromatic rings. The molecular formula is C5H13NO. The average molecular weight is 106 g/mol. The van der Waals surface area contributed by atoms with Crippen molar-refractivity contribution in [1.29, 1.82) is 0 Å². The van der Waals surface area contributed by atoms with Gasteiger partial charge in [0.05, 0.1) is 30.4 Å². The van der Waals surface area contributed by atoms with Crippen LogP contribution in [0.4, 0.5) is 0 Å². The molecule has 44 valence electrons. The van der Waals surface area contributed by atoms with Crippen LogP contribution in [0.15, 0.2) is 0 Å². The maximum absolute atomic E-state index is 10.7. The third kappa shape index (κ3) is 5.92. The average Bonchev–Trinajstić information content (AvgIpc) is 1.58. The van der Waals surface area contributed by atoms with Gasteiger partial charge in [0.2, 0.25) is 0 Å². The second-order valence-corrected chi connectivity index (χ2v) is 2.23. The quantitative estimate of drug-likeness (QED) is 0.416. The highest BCUT2D eigenvalue weighted by atomic mass is 16.3. The third-order valence-corrected chi connectivity index (χ3v) is 0.381. The van der Waals surface area contributed by atoms with Crippen LogP contribution in [0.1, 0.15) is 5.48 Å². The molecule has 0 saturated heterocycles. The number of likely N-dealkylation sites (N-methyl/N-ethyl adjacent to an activating group) is 1. The zero-order valence-corrected chi connectivity index (χ0v) is 4.86. The summed E-state index contributed by atoms with van der Waals surface area (Å²) < 4.78 is 27.4. The van der Waals surface area contributed by atoms with E-state index in [0.717, 1.165) is 0 Å². The number of hydrogen-bond donors (Lipinski definition) is 0. The van der Waals surface area contributed by atoms with Crippen molar-refractivity contribution < 1.29 is 15.1 Å². The van der Waals surface area contributed by atoms with E-state index >= 15 is 0 Å². The minimum absolute atomic E-state index is 0.344. The molecule has 2 heteroatoms. The Morgan fingerprint density at radius 1 is 1.57 bits per heavy atom. The molecule has 0 radical (unpaired) electrons. The smallest absolute Gasteiger partial charge is 0.0909 e. The molecule has 7 heavy (non-hydrogen) atoms. The van der Waals surface area contributed by atoms with Crippen molar-refractivity contribution in [1.82, 2.24) is 0 Å². The van der Waals surface area contributed by atoms with Crippen molar-refractivity contribution in [2.45, 2.75) is 0 Å². The normalized spacial score (nSPS) is 24.6. The zero-order chi connectivity index (χ0) is 9.50. The second kappa shape index (κ2) is 2.28. The van der Waals surface area contributed by atoms with Gasteiger partial charge in [-0.3, -0.25) is 0 Å². The van der Waals surface area contributed by atoms with E-state index in [1.54, 1.807) is 0 Å². The molecule has 0 aliphatic rings. The summed E-state index contributed by atoms with van der Waals surface area (Å²) in [5.41, 5.74) is 0. The Morgan fingerprint density at radius 2 is 2.00 bits per heavy atom. The first kappa shape index (κ1) is 2.46. The molecule has 0 amide bonds. The fraction of sp³-hybridized carbons (Fsp3) is 1.00. The summed E-state index contributed by atoms with van der Waals surface area (Å²) in [6, 6.07) is 0. The predicted octanol–water partition coefficient (Wildman–Crippen LogP) is -0.947. The van der Waals surface area contributed by atoms with E-state index in [2.05, 4.69) is 0 Å². The molecular weight excluding hydrogens is 89.1 g/mol. The van der Waals surface area contributed by atoms with Gasteiger partial charge in [0.1, 0.15) is 0 Å². The van der Waals surface area contributed by atoms with Gasteiger partial charge in [-0.25, -0.2) is 0 Å². The lowest BCUT2D eigenvalue weighted by Gasteiger charge is -2.25. The molecule has 0 fully saturated rings. The lowest BCUT2D eigenvalue weighted by atomic mass is 10.3. The number of hydrogen-bond acceptors (Lipinski definition) is 1. The topological polar surface area (TPSA) is 23.1 Å². The molecule has 0 aliphatic heterocycles. The highest BCUT2D eigenvalue weighted by molar-refractivity contribution is 4.17. The summed E-state index contributed by atoms with van der Waals surface area (Å²) in [7, 11) is 4.32. The third-order valence-electron chi connectivity index (χ3n) is 0.381. The standard InChI is InChI=1S/C5H13NO/c1-6(2,3)4-5-7/h4-5H2,1-3H3/i1-1,4D2,5D2. The van der Waals surface area contributed by atoms with Gasteiger partial charge in [-0.15, -0.1) is 0 Å². The number of nitrogens with zero attached hydrogens (tertiary/aromatic N) is 1. The van der Waals surface area contributed by atoms with Gasteiger partial charge >= 0.3 is 0 Å². The maximum Gasteiger partial charge on any atom is 0.0909 e. The Hall–Kier alpha value is -0.0800. The van der Waals surface area contributed by atoms with Gasteiger partial charge in [0.15, 0.2) is 0 Å². The van der Waals surface area contributed by atoms with E-state index in [0.29, 0.717) is 0 Å². The van der Waals surface area contributed by atoms with Crippen LogP contribution in [-0.4, -0.2) is 38.7 Å². The molecule has 0 atom stereocenters. The van der Waals surface area contributed by atoms with Crippen LogP contribution >= 0.6 is 0 Å². The van der Waals surface area contributed by atoms with E-state index < -0.39 is 13.1 Å². The molecule has 0 heterocycles. The molecule has 0 aliphatic carbocycles. The minimum atomic E-state index is -3.06. The largest absolute Gasteiger partial charge is 0.850 e. The first-order valence-corrected chi connectivity index (χ1v) is 2.02. The molecule has 0 aromatic carbocycles. The van der Waals surface area contributed by atoms with Crippen molar-refractivity contribution >= 4 is 0 Å². The van der Waals surface area contributed by atoms with Crippen LogP contribution < -0.4 is 5.11 Å². The lowest BCUT2D eigenvalue weighted by Crippen LogP contribution is -2.39. The van der Waals surface area contributed by atoms with Crippen LogP contribution in [0, 0.1) is 0 Å². The van der Waals surface area contributed by atoms with E-state index in [-0.39, 0.29) is 4.48 Å². The first-order chi connectivity index (χ1) is 4.50. The van der Waals surface area contributed by atoms with Crippen molar-refractivity contribution in [2.75, 3.05) is 34.2 Å². The molecule has 0 spiro atoms. The zero-order valence-electron chi connectivity index (χ0n) is 8.86. The highest BCUT2D eigenvalue weighted by Gasteiger charge is 1.99. The Bertz CT molecular complexity index is 130. The van der Waals surface area contributed by atoms with Crippen LogP contribution in [0.5, 0.6) is 0 Å². The second-order valence-electron chi connectivity index (χ2n) is 2.23. The molecule has 0 saturated carbocycles. The van der Waals surface area contributed by atoms with Gasteiger partial charge in [-0.2, -0.15) is 0 Å². The van der Waals surface area contributed by atoms with E-state index in [4.69, 9.17) is 5.48 Å². The van der Waals surface area contributed by atoms with Gasteiger partial charge in [-0.1, -0.05) is 6.56 Å². The van der Waals surface area contributed by atoms with E-state index in [1.807, 2.05) is 0 Å². The Balaban J connectivity index is 4.75. The van der Waals surface area contributed by atoms with E-state index in [1.165, 1.54) is 21.1 Å².